The molecule has 26 heavy (non-hydrogen) atoms. The van der Waals surface area contributed by atoms with E-state index in [2.05, 4.69) is 20.5 Å². The molecule has 1 amide bonds. The van der Waals surface area contributed by atoms with Crippen molar-refractivity contribution in [1.29, 1.82) is 0 Å². The van der Waals surface area contributed by atoms with Gasteiger partial charge in [0.1, 0.15) is 0 Å². The fourth-order valence-electron chi connectivity index (χ4n) is 5.01. The summed E-state index contributed by atoms with van der Waals surface area (Å²) < 4.78 is 0. The lowest BCUT2D eigenvalue weighted by Crippen LogP contribution is -2.43. The van der Waals surface area contributed by atoms with Gasteiger partial charge in [0, 0.05) is 39.6 Å². The smallest absolute Gasteiger partial charge is 0.220 e. The van der Waals surface area contributed by atoms with Crippen molar-refractivity contribution in [2.45, 2.75) is 64.2 Å². The Bertz CT molecular complexity index is 451. The highest BCUT2D eigenvalue weighted by Crippen LogP contribution is 2.35. The zero-order valence-corrected chi connectivity index (χ0v) is 18.7. The Balaban J connectivity index is 0.00000243. The van der Waals surface area contributed by atoms with Crippen molar-refractivity contribution in [2.24, 2.45) is 22.7 Å². The van der Waals surface area contributed by atoms with Gasteiger partial charge < -0.3 is 15.5 Å². The molecular formula is C20H37IN4O. The third kappa shape index (κ3) is 6.27. The van der Waals surface area contributed by atoms with Crippen LogP contribution in [0.3, 0.4) is 0 Å². The lowest BCUT2D eigenvalue weighted by atomic mass is 9.82. The molecule has 3 rings (SSSR count). The first-order valence-electron chi connectivity index (χ1n) is 10.5. The van der Waals surface area contributed by atoms with Crippen LogP contribution in [-0.4, -0.2) is 50.0 Å². The Morgan fingerprint density at radius 3 is 2.12 bits per heavy atom. The fourth-order valence-corrected chi connectivity index (χ4v) is 5.01. The molecule has 2 aliphatic carbocycles. The van der Waals surface area contributed by atoms with Gasteiger partial charge in [-0.05, 0) is 43.4 Å². The van der Waals surface area contributed by atoms with E-state index in [0.717, 1.165) is 37.4 Å². The molecule has 0 bridgehead atoms. The van der Waals surface area contributed by atoms with Gasteiger partial charge in [-0.25, -0.2) is 0 Å². The molecule has 2 saturated carbocycles. The Morgan fingerprint density at radius 2 is 1.50 bits per heavy atom. The normalized spacial score (nSPS) is 26.8. The van der Waals surface area contributed by atoms with Crippen molar-refractivity contribution >= 4 is 35.8 Å². The second-order valence-electron chi connectivity index (χ2n) is 8.24. The Hall–Kier alpha value is -0.530. The van der Waals surface area contributed by atoms with Crippen LogP contribution in [0.25, 0.3) is 0 Å². The maximum Gasteiger partial charge on any atom is 0.220 e. The van der Waals surface area contributed by atoms with Crippen molar-refractivity contribution in [2.75, 3.05) is 33.2 Å². The first kappa shape index (κ1) is 21.8. The van der Waals surface area contributed by atoms with Gasteiger partial charge in [0.05, 0.1) is 0 Å². The molecule has 2 atom stereocenters. The van der Waals surface area contributed by atoms with Gasteiger partial charge in [-0.1, -0.05) is 32.1 Å². The Labute approximate surface area is 176 Å². The summed E-state index contributed by atoms with van der Waals surface area (Å²) in [5.41, 5.74) is 0. The molecule has 2 unspecified atom stereocenters. The number of rotatable bonds is 5. The Morgan fingerprint density at radius 1 is 0.923 bits per heavy atom. The van der Waals surface area contributed by atoms with Crippen molar-refractivity contribution in [3.05, 3.63) is 0 Å². The van der Waals surface area contributed by atoms with E-state index in [0.29, 0.717) is 18.9 Å². The van der Waals surface area contributed by atoms with E-state index in [9.17, 15) is 4.79 Å². The average molecular weight is 476 g/mol. The number of carbonyl (C=O) groups is 1. The van der Waals surface area contributed by atoms with E-state index in [-0.39, 0.29) is 29.9 Å². The number of guanidine groups is 1. The molecule has 3 fully saturated rings. The summed E-state index contributed by atoms with van der Waals surface area (Å²) in [6, 6.07) is 0. The molecule has 5 nitrogen and oxygen atoms in total. The number of carbonyl (C=O) groups excluding carboxylic acids is 1. The minimum Gasteiger partial charge on any atom is -0.354 e. The van der Waals surface area contributed by atoms with Crippen molar-refractivity contribution in [3.8, 4) is 0 Å². The van der Waals surface area contributed by atoms with Crippen LogP contribution in [0.2, 0.25) is 0 Å². The van der Waals surface area contributed by atoms with Crippen LogP contribution in [0.1, 0.15) is 64.2 Å². The number of halogens is 1. The van der Waals surface area contributed by atoms with Crippen molar-refractivity contribution in [1.82, 2.24) is 15.5 Å². The third-order valence-electron chi connectivity index (χ3n) is 6.42. The fraction of sp³-hybridized carbons (Fsp3) is 0.900. The summed E-state index contributed by atoms with van der Waals surface area (Å²) in [4.78, 5) is 19.0. The largest absolute Gasteiger partial charge is 0.354 e. The second-order valence-corrected chi connectivity index (χ2v) is 8.24. The molecule has 3 aliphatic rings. The van der Waals surface area contributed by atoms with Gasteiger partial charge in [0.15, 0.2) is 5.96 Å². The van der Waals surface area contributed by atoms with Crippen LogP contribution in [0.5, 0.6) is 0 Å². The van der Waals surface area contributed by atoms with Gasteiger partial charge >= 0.3 is 0 Å². The summed E-state index contributed by atoms with van der Waals surface area (Å²) in [7, 11) is 1.87. The van der Waals surface area contributed by atoms with Gasteiger partial charge in [0.25, 0.3) is 0 Å². The molecule has 6 heteroatoms. The van der Waals surface area contributed by atoms with Crippen LogP contribution >= 0.6 is 24.0 Å². The molecule has 1 aliphatic heterocycles. The number of hydrogen-bond donors (Lipinski definition) is 2. The number of amides is 1. The van der Waals surface area contributed by atoms with Gasteiger partial charge in [-0.3, -0.25) is 9.79 Å². The lowest BCUT2D eigenvalue weighted by molar-refractivity contribution is -0.122. The van der Waals surface area contributed by atoms with E-state index < -0.39 is 0 Å². The van der Waals surface area contributed by atoms with Crippen molar-refractivity contribution in [3.63, 3.8) is 0 Å². The van der Waals surface area contributed by atoms with Crippen LogP contribution in [0.15, 0.2) is 4.99 Å². The minimum atomic E-state index is 0. The number of nitrogens with zero attached hydrogens (tertiary/aromatic N) is 2. The predicted molar refractivity (Wildman–Crippen MR) is 118 cm³/mol. The summed E-state index contributed by atoms with van der Waals surface area (Å²) in [5, 5.41) is 6.52. The predicted octanol–water partition coefficient (Wildman–Crippen LogP) is 3.39. The monoisotopic (exact) mass is 476 g/mol. The van der Waals surface area contributed by atoms with Crippen LogP contribution in [0.4, 0.5) is 0 Å². The highest BCUT2D eigenvalue weighted by atomic mass is 127. The minimum absolute atomic E-state index is 0. The Kier molecular flexibility index (Phi) is 9.50. The maximum absolute atomic E-state index is 12.1. The van der Waals surface area contributed by atoms with Crippen LogP contribution in [-0.2, 0) is 4.79 Å². The second kappa shape index (κ2) is 11.3. The first-order chi connectivity index (χ1) is 12.3. The molecule has 1 heterocycles. The number of fused-ring (bicyclic) bond motifs is 1. The van der Waals surface area contributed by atoms with E-state index in [1.807, 2.05) is 7.05 Å². The number of likely N-dealkylation sites (tertiary alicyclic amines) is 1. The van der Waals surface area contributed by atoms with E-state index in [4.69, 9.17) is 0 Å². The molecule has 0 aromatic carbocycles. The van der Waals surface area contributed by atoms with Crippen molar-refractivity contribution < 1.29 is 4.79 Å². The number of nitrogens with one attached hydrogen (secondary N) is 2. The molecule has 1 saturated heterocycles. The number of hydrogen-bond acceptors (Lipinski definition) is 2. The maximum atomic E-state index is 12.1. The van der Waals surface area contributed by atoms with E-state index >= 15 is 0 Å². The van der Waals surface area contributed by atoms with Gasteiger partial charge in [-0.15, -0.1) is 24.0 Å². The van der Waals surface area contributed by atoms with Crippen LogP contribution < -0.4 is 10.6 Å². The first-order valence-corrected chi connectivity index (χ1v) is 10.5. The molecular weight excluding hydrogens is 439 g/mol. The highest BCUT2D eigenvalue weighted by molar-refractivity contribution is 14.0. The number of aliphatic imine (C=N–C) groups is 1. The van der Waals surface area contributed by atoms with E-state index in [1.165, 1.54) is 57.8 Å². The molecule has 0 aromatic heterocycles. The SMILES string of the molecule is CN=C(NCCNC(=O)CC1CCCCC1)N1CC2CCCCC2C1.I. The molecule has 0 radical (unpaired) electrons. The zero-order valence-electron chi connectivity index (χ0n) is 16.3. The van der Waals surface area contributed by atoms with E-state index in [1.54, 1.807) is 0 Å². The van der Waals surface area contributed by atoms with Crippen LogP contribution in [0, 0.1) is 17.8 Å². The summed E-state index contributed by atoms with van der Waals surface area (Å²) in [6.45, 7) is 3.75. The highest BCUT2D eigenvalue weighted by Gasteiger charge is 2.35. The van der Waals surface area contributed by atoms with Gasteiger partial charge in [-0.2, -0.15) is 0 Å². The summed E-state index contributed by atoms with van der Waals surface area (Å²) in [5.74, 6) is 3.57. The third-order valence-corrected chi connectivity index (χ3v) is 6.42. The average Bonchev–Trinajstić information content (AvgIpc) is 3.06. The molecule has 0 aromatic rings. The summed E-state index contributed by atoms with van der Waals surface area (Å²) >= 11 is 0. The molecule has 150 valence electrons. The zero-order chi connectivity index (χ0) is 17.5. The van der Waals surface area contributed by atoms with Gasteiger partial charge in [0.2, 0.25) is 5.91 Å². The standard InChI is InChI=1S/C20H36N4O.HI/c1-21-20(24-14-17-9-5-6-10-18(17)15-24)23-12-11-22-19(25)13-16-7-3-2-4-8-16;/h16-18H,2-15H2,1H3,(H,21,23)(H,22,25);1H. The topological polar surface area (TPSA) is 56.7 Å². The molecule has 0 spiro atoms. The lowest BCUT2D eigenvalue weighted by Gasteiger charge is -2.22. The summed E-state index contributed by atoms with van der Waals surface area (Å²) in [6.07, 6.45) is 12.7. The molecule has 2 N–H and O–H groups in total. The quantitative estimate of drug-likeness (QED) is 0.277.